The number of hydrogen-bond donors (Lipinski definition) is 9. The number of amides is 3. The Balaban J connectivity index is 1.12. The van der Waals surface area contributed by atoms with Crippen molar-refractivity contribution in [3.8, 4) is 0 Å². The largest absolute Gasteiger partial charge is 0.368 e. The zero-order chi connectivity index (χ0) is 51.2. The van der Waals surface area contributed by atoms with E-state index in [1.165, 1.54) is 20.8 Å². The molecule has 3 amide bonds. The Hall–Kier alpha value is -7.03. The van der Waals surface area contributed by atoms with Crippen molar-refractivity contribution >= 4 is 97.7 Å². The summed E-state index contributed by atoms with van der Waals surface area (Å²) in [5.74, 6) is 2.19. The number of nitrogens with two attached hydrogens (primary N) is 1. The van der Waals surface area contributed by atoms with Crippen LogP contribution >= 0.6 is 11.6 Å². The molecule has 6 aromatic heterocycles. The summed E-state index contributed by atoms with van der Waals surface area (Å²) in [5, 5.41) is 27.0. The van der Waals surface area contributed by atoms with E-state index in [9.17, 15) is 14.4 Å². The Morgan fingerprint density at radius 1 is 0.592 bits per heavy atom. The highest BCUT2D eigenvalue weighted by Crippen LogP contribution is 2.30. The Labute approximate surface area is 419 Å². The topological polar surface area (TPSA) is 289 Å². The van der Waals surface area contributed by atoms with E-state index in [1.54, 1.807) is 30.7 Å². The molecule has 0 aliphatic carbocycles. The fourth-order valence-corrected chi connectivity index (χ4v) is 8.32. The minimum Gasteiger partial charge on any atom is -0.368 e. The molecule has 21 nitrogen and oxygen atoms in total. The predicted molar refractivity (Wildman–Crippen MR) is 282 cm³/mol. The molecule has 3 atom stereocenters. The van der Waals surface area contributed by atoms with Crippen LogP contribution in [0.15, 0.2) is 42.9 Å². The molecule has 71 heavy (non-hydrogen) atoms. The van der Waals surface area contributed by atoms with Gasteiger partial charge in [-0.1, -0.05) is 31.4 Å². The number of aromatic nitrogens is 9. The van der Waals surface area contributed by atoms with Crippen molar-refractivity contribution in [2.24, 2.45) is 0 Å². The highest BCUT2D eigenvalue weighted by molar-refractivity contribution is 6.31. The molecule has 380 valence electrons. The third kappa shape index (κ3) is 15.7. The number of rotatable bonds is 27. The maximum Gasteiger partial charge on any atom is 0.225 e. The number of pyridine rings is 3. The lowest BCUT2D eigenvalue weighted by molar-refractivity contribution is -0.120. The van der Waals surface area contributed by atoms with Crippen molar-refractivity contribution in [1.82, 2.24) is 60.8 Å². The molecule has 0 spiro atoms. The summed E-state index contributed by atoms with van der Waals surface area (Å²) in [6, 6.07) is 7.36. The van der Waals surface area contributed by atoms with Gasteiger partial charge in [0.2, 0.25) is 35.6 Å². The minimum atomic E-state index is -0.632. The number of carbonyl (C=O) groups excluding carboxylic acids is 3. The van der Waals surface area contributed by atoms with Gasteiger partial charge in [0.15, 0.2) is 17.5 Å². The Kier molecular flexibility index (Phi) is 18.2. The van der Waals surface area contributed by atoms with Crippen molar-refractivity contribution in [1.29, 1.82) is 0 Å². The summed E-state index contributed by atoms with van der Waals surface area (Å²) in [5.41, 5.74) is 8.96. The van der Waals surface area contributed by atoms with Crippen molar-refractivity contribution in [2.45, 2.75) is 130 Å². The summed E-state index contributed by atoms with van der Waals surface area (Å²) in [7, 11) is 0. The standard InChI is InChI=1S/C49H69ClN18O3/c1-9-10-17-47(6,27-57-31(3)69)67-43-40-37(24-34(50)26-56-40)62-46(65-43)54-21-14-12-19-49(8,29-59-33(5)71)68-42-39-36(23-30(2)25-55-39)61-45(64-42)53-20-13-11-18-48(7,28-58-32(4)70)66-41-38-35(16-15-22-52-38)60-44(51)63-41/h15-16,22-26H,9-14,17-21,27-29H2,1-8H3,(H,57,69)(H,58,70)(H,59,71)(H3,51,60,63,66)(H2,53,61,64,68)(H2,54,62,65,67)/t47-,48-,49-/m1/s1. The Bertz CT molecular complexity index is 2820. The molecule has 6 rings (SSSR count). The van der Waals surface area contributed by atoms with Crippen LogP contribution in [0, 0.1) is 6.92 Å². The average molecular weight is 994 g/mol. The van der Waals surface area contributed by atoms with Crippen LogP contribution in [-0.2, 0) is 14.4 Å². The first kappa shape index (κ1) is 53.3. The number of halogens is 1. The quantitative estimate of drug-likeness (QED) is 0.0237. The van der Waals surface area contributed by atoms with Gasteiger partial charge in [-0.05, 0) is 102 Å². The lowest BCUT2D eigenvalue weighted by Crippen LogP contribution is -2.46. The van der Waals surface area contributed by atoms with E-state index in [1.807, 2.05) is 26.0 Å². The normalized spacial score (nSPS) is 13.9. The molecule has 10 N–H and O–H groups in total. The summed E-state index contributed by atoms with van der Waals surface area (Å²) in [6.45, 7) is 17.0. The number of nitrogens with one attached hydrogen (secondary N) is 8. The zero-order valence-electron chi connectivity index (χ0n) is 42.1. The average Bonchev–Trinajstić information content (AvgIpc) is 3.31. The fourth-order valence-electron chi connectivity index (χ4n) is 8.17. The van der Waals surface area contributed by atoms with Crippen molar-refractivity contribution < 1.29 is 14.4 Å². The maximum atomic E-state index is 12.3. The van der Waals surface area contributed by atoms with E-state index < -0.39 is 16.6 Å². The summed E-state index contributed by atoms with van der Waals surface area (Å²) >= 11 is 6.37. The molecule has 0 saturated heterocycles. The highest BCUT2D eigenvalue weighted by Gasteiger charge is 2.29. The molecule has 0 unspecified atom stereocenters. The Morgan fingerprint density at radius 2 is 1.06 bits per heavy atom. The van der Waals surface area contributed by atoms with Gasteiger partial charge >= 0.3 is 0 Å². The van der Waals surface area contributed by atoms with Gasteiger partial charge in [0.1, 0.15) is 16.6 Å². The molecular formula is C49H69ClN18O3. The number of nitrogens with zero attached hydrogens (tertiary/aromatic N) is 9. The fraction of sp³-hybridized carbons (Fsp3) is 0.510. The third-order valence-corrected chi connectivity index (χ3v) is 12.3. The number of anilines is 6. The molecule has 0 saturated carbocycles. The van der Waals surface area contributed by atoms with E-state index in [4.69, 9.17) is 42.3 Å². The molecule has 0 aromatic carbocycles. The van der Waals surface area contributed by atoms with Gasteiger partial charge in [0.25, 0.3) is 0 Å². The Morgan fingerprint density at radius 3 is 1.56 bits per heavy atom. The van der Waals surface area contributed by atoms with E-state index in [0.717, 1.165) is 50.5 Å². The van der Waals surface area contributed by atoms with E-state index in [0.29, 0.717) is 113 Å². The molecule has 0 aliphatic heterocycles. The van der Waals surface area contributed by atoms with Crippen LogP contribution < -0.4 is 48.3 Å². The first-order chi connectivity index (χ1) is 33.8. The van der Waals surface area contributed by atoms with Crippen molar-refractivity contribution in [3.63, 3.8) is 0 Å². The number of aryl methyl sites for hydroxylation is 1. The molecule has 0 radical (unpaired) electrons. The molecule has 0 fully saturated rings. The molecule has 0 bridgehead atoms. The summed E-state index contributed by atoms with van der Waals surface area (Å²) in [4.78, 5) is 78.2. The lowest BCUT2D eigenvalue weighted by Gasteiger charge is -2.32. The highest BCUT2D eigenvalue weighted by atomic mass is 35.5. The van der Waals surface area contributed by atoms with Gasteiger partial charge < -0.3 is 48.3 Å². The number of nitrogen functional groups attached to an aromatic ring is 1. The van der Waals surface area contributed by atoms with Crippen molar-refractivity contribution in [3.05, 3.63) is 53.4 Å². The van der Waals surface area contributed by atoms with Crippen LogP contribution in [0.3, 0.4) is 0 Å². The SMILES string of the molecule is CCCC[C@](C)(CNC(C)=O)Nc1nc(NCCCC[C@](C)(CNC(C)=O)Nc2nc(NCCCC[C@](C)(CNC(C)=O)Nc3nc(N)nc4cccnc34)nc3cc(C)cnc23)nc2cc(Cl)cnc12. The minimum absolute atomic E-state index is 0.106. The van der Waals surface area contributed by atoms with Crippen LogP contribution in [0.1, 0.15) is 112 Å². The first-order valence-corrected chi connectivity index (χ1v) is 24.6. The van der Waals surface area contributed by atoms with Crippen LogP contribution in [0.25, 0.3) is 33.1 Å². The van der Waals surface area contributed by atoms with E-state index >= 15 is 0 Å². The van der Waals surface area contributed by atoms with Crippen molar-refractivity contribution in [2.75, 3.05) is 65.0 Å². The predicted octanol–water partition coefficient (Wildman–Crippen LogP) is 6.92. The van der Waals surface area contributed by atoms with E-state index in [-0.39, 0.29) is 23.7 Å². The second-order valence-electron chi connectivity index (χ2n) is 19.2. The monoisotopic (exact) mass is 993 g/mol. The third-order valence-electron chi connectivity index (χ3n) is 12.0. The van der Waals surface area contributed by atoms with Gasteiger partial charge in [-0.2, -0.15) is 15.0 Å². The number of unbranched alkanes of at least 4 members (excludes halogenated alkanes) is 3. The second kappa shape index (κ2) is 24.2. The molecule has 6 heterocycles. The molecular weight excluding hydrogens is 924 g/mol. The van der Waals surface area contributed by atoms with Gasteiger partial charge in [0.05, 0.1) is 38.2 Å². The maximum absolute atomic E-state index is 12.3. The zero-order valence-corrected chi connectivity index (χ0v) is 42.9. The van der Waals surface area contributed by atoms with Crippen LogP contribution in [0.2, 0.25) is 5.02 Å². The molecule has 22 heteroatoms. The summed E-state index contributed by atoms with van der Waals surface area (Å²) in [6.07, 6.45) is 12.2. The van der Waals surface area contributed by atoms with Crippen LogP contribution in [0.5, 0.6) is 0 Å². The second-order valence-corrected chi connectivity index (χ2v) is 19.6. The van der Waals surface area contributed by atoms with Gasteiger partial charge in [-0.25, -0.2) is 19.9 Å². The van der Waals surface area contributed by atoms with Gasteiger partial charge in [-0.15, -0.1) is 0 Å². The number of fused-ring (bicyclic) bond motifs is 3. The summed E-state index contributed by atoms with van der Waals surface area (Å²) < 4.78 is 0. The van der Waals surface area contributed by atoms with E-state index in [2.05, 4.69) is 83.2 Å². The van der Waals surface area contributed by atoms with Crippen LogP contribution in [-0.4, -0.2) is 112 Å². The molecule has 0 aliphatic rings. The number of hydrogen-bond acceptors (Lipinski definition) is 18. The molecule has 6 aromatic rings. The van der Waals surface area contributed by atoms with Crippen LogP contribution in [0.4, 0.5) is 35.3 Å². The number of carbonyl (C=O) groups is 3. The van der Waals surface area contributed by atoms with Gasteiger partial charge in [-0.3, -0.25) is 24.4 Å². The lowest BCUT2D eigenvalue weighted by atomic mass is 9.94. The van der Waals surface area contributed by atoms with Gasteiger partial charge in [0, 0.05) is 72.1 Å². The smallest absolute Gasteiger partial charge is 0.225 e. The first-order valence-electron chi connectivity index (χ1n) is 24.3.